The van der Waals surface area contributed by atoms with Gasteiger partial charge in [0.25, 0.3) is 0 Å². The largest absolute Gasteiger partial charge is 0.380 e. The van der Waals surface area contributed by atoms with Crippen molar-refractivity contribution < 1.29 is 13.2 Å². The number of sulfonamides is 1. The highest BCUT2D eigenvalue weighted by molar-refractivity contribution is 7.89. The topological polar surface area (TPSA) is 55.4 Å². The van der Waals surface area contributed by atoms with Crippen molar-refractivity contribution in [1.82, 2.24) is 4.72 Å². The standard InChI is InChI=1S/C6H13NO3S/c1-2-10-5-6-3-4-11(8,9)7-6/h6-7H,2-5H2,1H3. The molecule has 0 bridgehead atoms. The summed E-state index contributed by atoms with van der Waals surface area (Å²) < 4.78 is 29.3. The Bertz CT molecular complexity index is 212. The third-order valence-electron chi connectivity index (χ3n) is 1.60. The maximum atomic E-state index is 10.8. The van der Waals surface area contributed by atoms with E-state index in [1.165, 1.54) is 0 Å². The first kappa shape index (κ1) is 8.96. The zero-order chi connectivity index (χ0) is 8.32. The minimum atomic E-state index is -2.96. The predicted molar refractivity (Wildman–Crippen MR) is 41.8 cm³/mol. The highest BCUT2D eigenvalue weighted by Crippen LogP contribution is 2.07. The van der Waals surface area contributed by atoms with Crippen LogP contribution in [0.1, 0.15) is 13.3 Å². The van der Waals surface area contributed by atoms with E-state index in [0.29, 0.717) is 19.6 Å². The Balaban J connectivity index is 2.31. The van der Waals surface area contributed by atoms with E-state index in [-0.39, 0.29) is 11.8 Å². The molecular weight excluding hydrogens is 166 g/mol. The molecule has 0 aromatic heterocycles. The second-order valence-electron chi connectivity index (χ2n) is 2.58. The molecule has 1 heterocycles. The molecule has 4 nitrogen and oxygen atoms in total. The Morgan fingerprint density at radius 1 is 1.64 bits per heavy atom. The zero-order valence-corrected chi connectivity index (χ0v) is 7.36. The van der Waals surface area contributed by atoms with Crippen molar-refractivity contribution in [3.05, 3.63) is 0 Å². The summed E-state index contributed by atoms with van der Waals surface area (Å²) in [7, 11) is -2.96. The summed E-state index contributed by atoms with van der Waals surface area (Å²) in [4.78, 5) is 0. The van der Waals surface area contributed by atoms with Crippen LogP contribution >= 0.6 is 0 Å². The average Bonchev–Trinajstić information content (AvgIpc) is 2.26. The molecule has 1 N–H and O–H groups in total. The van der Waals surface area contributed by atoms with Crippen molar-refractivity contribution >= 4 is 10.0 Å². The summed E-state index contributed by atoms with van der Waals surface area (Å²) in [6.07, 6.45) is 0.669. The summed E-state index contributed by atoms with van der Waals surface area (Å²) in [5.74, 6) is 0.241. The highest BCUT2D eigenvalue weighted by Gasteiger charge is 2.26. The Morgan fingerprint density at radius 2 is 2.36 bits per heavy atom. The molecule has 1 fully saturated rings. The van der Waals surface area contributed by atoms with Crippen LogP contribution in [0.4, 0.5) is 0 Å². The molecule has 0 aliphatic carbocycles. The minimum absolute atomic E-state index is 0.0000463. The van der Waals surface area contributed by atoms with E-state index in [0.717, 1.165) is 0 Å². The molecule has 1 atom stereocenters. The lowest BCUT2D eigenvalue weighted by Crippen LogP contribution is -2.29. The third-order valence-corrected chi connectivity index (χ3v) is 3.07. The van der Waals surface area contributed by atoms with Gasteiger partial charge in [-0.3, -0.25) is 0 Å². The van der Waals surface area contributed by atoms with Gasteiger partial charge in [-0.05, 0) is 13.3 Å². The lowest BCUT2D eigenvalue weighted by Gasteiger charge is -2.06. The van der Waals surface area contributed by atoms with Crippen molar-refractivity contribution in [2.75, 3.05) is 19.0 Å². The van der Waals surface area contributed by atoms with Crippen molar-refractivity contribution in [2.45, 2.75) is 19.4 Å². The Labute approximate surface area is 67.0 Å². The molecular formula is C6H13NO3S. The van der Waals surface area contributed by atoms with E-state index in [2.05, 4.69) is 4.72 Å². The first-order chi connectivity index (χ1) is 5.14. The monoisotopic (exact) mass is 179 g/mol. The van der Waals surface area contributed by atoms with Crippen LogP contribution in [-0.4, -0.2) is 33.4 Å². The van der Waals surface area contributed by atoms with Crippen molar-refractivity contribution in [2.24, 2.45) is 0 Å². The molecule has 1 rings (SSSR count). The SMILES string of the molecule is CCOCC1CCS(=O)(=O)N1. The Hall–Kier alpha value is -0.130. The fourth-order valence-electron chi connectivity index (χ4n) is 1.05. The first-order valence-electron chi connectivity index (χ1n) is 3.72. The van der Waals surface area contributed by atoms with Gasteiger partial charge < -0.3 is 4.74 Å². The molecule has 0 spiro atoms. The van der Waals surface area contributed by atoms with E-state index in [4.69, 9.17) is 4.74 Å². The molecule has 1 unspecified atom stereocenters. The summed E-state index contributed by atoms with van der Waals surface area (Å²) in [5.41, 5.74) is 0. The number of rotatable bonds is 3. The maximum Gasteiger partial charge on any atom is 0.211 e. The minimum Gasteiger partial charge on any atom is -0.380 e. The quantitative estimate of drug-likeness (QED) is 0.648. The van der Waals surface area contributed by atoms with Gasteiger partial charge in [0, 0.05) is 12.6 Å². The summed E-state index contributed by atoms with van der Waals surface area (Å²) in [5, 5.41) is 0. The second kappa shape index (κ2) is 3.51. The van der Waals surface area contributed by atoms with E-state index in [1.807, 2.05) is 6.92 Å². The van der Waals surface area contributed by atoms with Gasteiger partial charge in [0.05, 0.1) is 12.4 Å². The number of hydrogen-bond acceptors (Lipinski definition) is 3. The number of ether oxygens (including phenoxy) is 1. The molecule has 0 saturated carbocycles. The van der Waals surface area contributed by atoms with Gasteiger partial charge in [0.15, 0.2) is 0 Å². The van der Waals surface area contributed by atoms with Crippen LogP contribution in [-0.2, 0) is 14.8 Å². The van der Waals surface area contributed by atoms with Crippen LogP contribution in [0.15, 0.2) is 0 Å². The van der Waals surface area contributed by atoms with Crippen LogP contribution in [0.2, 0.25) is 0 Å². The first-order valence-corrected chi connectivity index (χ1v) is 5.37. The fourth-order valence-corrected chi connectivity index (χ4v) is 2.45. The normalized spacial score (nSPS) is 29.0. The fraction of sp³-hybridized carbons (Fsp3) is 1.00. The number of nitrogens with one attached hydrogen (secondary N) is 1. The van der Waals surface area contributed by atoms with Crippen LogP contribution in [0.25, 0.3) is 0 Å². The summed E-state index contributed by atoms with van der Waals surface area (Å²) in [6.45, 7) is 3.03. The molecule has 1 aliphatic heterocycles. The van der Waals surface area contributed by atoms with E-state index >= 15 is 0 Å². The average molecular weight is 179 g/mol. The van der Waals surface area contributed by atoms with Gasteiger partial charge in [0.1, 0.15) is 0 Å². The summed E-state index contributed by atoms with van der Waals surface area (Å²) >= 11 is 0. The third kappa shape index (κ3) is 2.76. The van der Waals surface area contributed by atoms with Crippen molar-refractivity contribution in [3.63, 3.8) is 0 Å². The molecule has 5 heteroatoms. The second-order valence-corrected chi connectivity index (χ2v) is 4.46. The molecule has 0 aromatic carbocycles. The molecule has 11 heavy (non-hydrogen) atoms. The van der Waals surface area contributed by atoms with E-state index in [9.17, 15) is 8.42 Å². The van der Waals surface area contributed by atoms with Crippen LogP contribution in [0.5, 0.6) is 0 Å². The van der Waals surface area contributed by atoms with Crippen molar-refractivity contribution in [1.29, 1.82) is 0 Å². The Kier molecular flexibility index (Phi) is 2.86. The molecule has 0 amide bonds. The van der Waals surface area contributed by atoms with E-state index < -0.39 is 10.0 Å². The molecule has 1 saturated heterocycles. The van der Waals surface area contributed by atoms with Crippen molar-refractivity contribution in [3.8, 4) is 0 Å². The van der Waals surface area contributed by atoms with E-state index in [1.54, 1.807) is 0 Å². The van der Waals surface area contributed by atoms with Gasteiger partial charge in [-0.15, -0.1) is 0 Å². The van der Waals surface area contributed by atoms with Crippen LogP contribution in [0, 0.1) is 0 Å². The molecule has 1 aliphatic rings. The summed E-state index contributed by atoms with van der Waals surface area (Å²) in [6, 6.07) is -0.0000463. The number of hydrogen-bond donors (Lipinski definition) is 1. The van der Waals surface area contributed by atoms with Gasteiger partial charge in [-0.2, -0.15) is 0 Å². The van der Waals surface area contributed by atoms with Gasteiger partial charge >= 0.3 is 0 Å². The van der Waals surface area contributed by atoms with Crippen LogP contribution < -0.4 is 4.72 Å². The maximum absolute atomic E-state index is 10.8. The van der Waals surface area contributed by atoms with Crippen LogP contribution in [0.3, 0.4) is 0 Å². The molecule has 66 valence electrons. The smallest absolute Gasteiger partial charge is 0.211 e. The molecule has 0 aromatic rings. The Morgan fingerprint density at radius 3 is 2.82 bits per heavy atom. The highest BCUT2D eigenvalue weighted by atomic mass is 32.2. The molecule has 0 radical (unpaired) electrons. The van der Waals surface area contributed by atoms with Gasteiger partial charge in [-0.25, -0.2) is 13.1 Å². The zero-order valence-electron chi connectivity index (χ0n) is 6.54. The van der Waals surface area contributed by atoms with Gasteiger partial charge in [-0.1, -0.05) is 0 Å². The predicted octanol–water partition coefficient (Wildman–Crippen LogP) is -0.285. The lowest BCUT2D eigenvalue weighted by molar-refractivity contribution is 0.130. The lowest BCUT2D eigenvalue weighted by atomic mass is 10.3. The van der Waals surface area contributed by atoms with Gasteiger partial charge in [0.2, 0.25) is 10.0 Å².